The molecule has 0 unspecified atom stereocenters. The van der Waals surface area contributed by atoms with Gasteiger partial charge >= 0.3 is 5.97 Å². The highest BCUT2D eigenvalue weighted by atomic mass is 16.5. The van der Waals surface area contributed by atoms with Crippen LogP contribution in [-0.2, 0) is 16.6 Å². The summed E-state index contributed by atoms with van der Waals surface area (Å²) in [5, 5.41) is 5.39. The van der Waals surface area contributed by atoms with Crippen LogP contribution in [0.25, 0.3) is 11.0 Å². The van der Waals surface area contributed by atoms with Crippen LogP contribution >= 0.6 is 0 Å². The number of pyridine rings is 1. The second kappa shape index (κ2) is 8.62. The summed E-state index contributed by atoms with van der Waals surface area (Å²) in [5.41, 5.74) is 2.87. The lowest BCUT2D eigenvalue weighted by Gasteiger charge is -2.38. The number of carbonyl (C=O) groups is 2. The Kier molecular flexibility index (Phi) is 5.92. The van der Waals surface area contributed by atoms with Gasteiger partial charge in [-0.1, -0.05) is 19.3 Å². The Morgan fingerprint density at radius 1 is 1.13 bits per heavy atom. The van der Waals surface area contributed by atoms with Crippen molar-refractivity contribution in [2.45, 2.75) is 46.0 Å². The van der Waals surface area contributed by atoms with E-state index in [2.05, 4.69) is 15.0 Å². The lowest BCUT2D eigenvalue weighted by atomic mass is 9.88. The molecule has 0 bridgehead atoms. The standard InChI is InChI=1S/C22H31N5O3/c1-4-30-22(29)17-14-23-20-18(15(2)24-25(20)3)19(17)26-10-12-27(13-11-26)21(28)16-8-6-5-7-9-16/h14,16H,4-13H2,1-3H3. The molecule has 1 aliphatic heterocycles. The molecular formula is C22H31N5O3. The van der Waals surface area contributed by atoms with Crippen LogP contribution in [0.3, 0.4) is 0 Å². The number of carbonyl (C=O) groups excluding carboxylic acids is 2. The molecule has 0 aromatic carbocycles. The van der Waals surface area contributed by atoms with Crippen LogP contribution in [0.2, 0.25) is 0 Å². The van der Waals surface area contributed by atoms with E-state index in [9.17, 15) is 9.59 Å². The maximum atomic E-state index is 12.9. The van der Waals surface area contributed by atoms with Crippen molar-refractivity contribution in [2.75, 3.05) is 37.7 Å². The van der Waals surface area contributed by atoms with E-state index in [1.54, 1.807) is 17.8 Å². The summed E-state index contributed by atoms with van der Waals surface area (Å²) in [7, 11) is 1.86. The number of aryl methyl sites for hydroxylation is 2. The predicted molar refractivity (Wildman–Crippen MR) is 115 cm³/mol. The lowest BCUT2D eigenvalue weighted by Crippen LogP contribution is -2.51. The molecule has 1 saturated heterocycles. The van der Waals surface area contributed by atoms with Crippen molar-refractivity contribution in [3.05, 3.63) is 17.5 Å². The Morgan fingerprint density at radius 2 is 1.83 bits per heavy atom. The first-order valence-corrected chi connectivity index (χ1v) is 11.0. The van der Waals surface area contributed by atoms with E-state index < -0.39 is 0 Å². The maximum Gasteiger partial charge on any atom is 0.341 e. The van der Waals surface area contributed by atoms with Crippen LogP contribution in [0.4, 0.5) is 5.69 Å². The number of ether oxygens (including phenoxy) is 1. The fraction of sp³-hybridized carbons (Fsp3) is 0.636. The number of piperazine rings is 1. The molecule has 1 aliphatic carbocycles. The van der Waals surface area contributed by atoms with E-state index in [1.165, 1.54) is 6.42 Å². The van der Waals surface area contributed by atoms with Gasteiger partial charge in [-0.05, 0) is 26.7 Å². The van der Waals surface area contributed by atoms with Gasteiger partial charge in [0, 0.05) is 45.3 Å². The lowest BCUT2D eigenvalue weighted by molar-refractivity contribution is -0.136. The van der Waals surface area contributed by atoms with Gasteiger partial charge in [-0.15, -0.1) is 0 Å². The normalized spacial score (nSPS) is 18.1. The Balaban J connectivity index is 1.60. The summed E-state index contributed by atoms with van der Waals surface area (Å²) in [6, 6.07) is 0. The van der Waals surface area contributed by atoms with Gasteiger partial charge in [0.15, 0.2) is 5.65 Å². The van der Waals surface area contributed by atoms with Gasteiger partial charge in [-0.2, -0.15) is 5.10 Å². The van der Waals surface area contributed by atoms with Crippen molar-refractivity contribution in [2.24, 2.45) is 13.0 Å². The summed E-state index contributed by atoms with van der Waals surface area (Å²) >= 11 is 0. The minimum Gasteiger partial charge on any atom is -0.462 e. The first-order chi connectivity index (χ1) is 14.5. The fourth-order valence-electron chi connectivity index (χ4n) is 4.84. The van der Waals surface area contributed by atoms with Gasteiger partial charge < -0.3 is 14.5 Å². The molecule has 0 atom stereocenters. The van der Waals surface area contributed by atoms with Gasteiger partial charge in [0.1, 0.15) is 5.56 Å². The quantitative estimate of drug-likeness (QED) is 0.717. The molecular weight excluding hydrogens is 382 g/mol. The zero-order chi connectivity index (χ0) is 21.3. The third-order valence-corrected chi connectivity index (χ3v) is 6.36. The van der Waals surface area contributed by atoms with Gasteiger partial charge in [-0.25, -0.2) is 9.78 Å². The van der Waals surface area contributed by atoms with Gasteiger partial charge in [0.05, 0.1) is 23.4 Å². The average molecular weight is 414 g/mol. The Labute approximate surface area is 177 Å². The number of anilines is 1. The highest BCUT2D eigenvalue weighted by Crippen LogP contribution is 2.33. The van der Waals surface area contributed by atoms with Crippen LogP contribution in [-0.4, -0.2) is 64.3 Å². The number of hydrogen-bond acceptors (Lipinski definition) is 6. The summed E-state index contributed by atoms with van der Waals surface area (Å²) in [6.45, 7) is 6.74. The number of amides is 1. The summed E-state index contributed by atoms with van der Waals surface area (Å²) in [6.07, 6.45) is 7.20. The Hall–Kier alpha value is -2.64. The monoisotopic (exact) mass is 413 g/mol. The van der Waals surface area contributed by atoms with Crippen LogP contribution in [0.1, 0.15) is 55.1 Å². The predicted octanol–water partition coefficient (Wildman–Crippen LogP) is 2.68. The van der Waals surface area contributed by atoms with Crippen molar-refractivity contribution in [3.63, 3.8) is 0 Å². The summed E-state index contributed by atoms with van der Waals surface area (Å²) in [5.74, 6) is 0.122. The zero-order valence-electron chi connectivity index (χ0n) is 18.2. The fourth-order valence-corrected chi connectivity index (χ4v) is 4.84. The Bertz CT molecular complexity index is 940. The molecule has 4 rings (SSSR count). The molecule has 2 fully saturated rings. The molecule has 30 heavy (non-hydrogen) atoms. The molecule has 2 aromatic rings. The van der Waals surface area contributed by atoms with Gasteiger partial charge in [0.2, 0.25) is 5.91 Å². The van der Waals surface area contributed by atoms with Crippen LogP contribution in [0, 0.1) is 12.8 Å². The molecule has 8 nitrogen and oxygen atoms in total. The van der Waals surface area contributed by atoms with Crippen molar-refractivity contribution < 1.29 is 14.3 Å². The van der Waals surface area contributed by atoms with E-state index >= 15 is 0 Å². The highest BCUT2D eigenvalue weighted by Gasteiger charge is 2.31. The van der Waals surface area contributed by atoms with E-state index in [-0.39, 0.29) is 11.9 Å². The van der Waals surface area contributed by atoms with Crippen LogP contribution < -0.4 is 4.90 Å². The second-order valence-corrected chi connectivity index (χ2v) is 8.30. The SMILES string of the molecule is CCOC(=O)c1cnc2c(c(C)nn2C)c1N1CCN(C(=O)C2CCCCC2)CC1. The smallest absolute Gasteiger partial charge is 0.341 e. The molecule has 0 spiro atoms. The molecule has 2 aromatic heterocycles. The maximum absolute atomic E-state index is 12.9. The second-order valence-electron chi connectivity index (χ2n) is 8.30. The molecule has 0 radical (unpaired) electrons. The van der Waals surface area contributed by atoms with Crippen molar-refractivity contribution in [1.82, 2.24) is 19.7 Å². The number of fused-ring (bicyclic) bond motifs is 1. The molecule has 162 valence electrons. The van der Waals surface area contributed by atoms with E-state index in [1.807, 2.05) is 18.9 Å². The number of nitrogens with zero attached hydrogens (tertiary/aromatic N) is 5. The van der Waals surface area contributed by atoms with Gasteiger partial charge in [-0.3, -0.25) is 9.48 Å². The first-order valence-electron chi connectivity index (χ1n) is 11.0. The molecule has 8 heteroatoms. The first kappa shape index (κ1) is 20.6. The summed E-state index contributed by atoms with van der Waals surface area (Å²) < 4.78 is 7.04. The van der Waals surface area contributed by atoms with Crippen molar-refractivity contribution in [3.8, 4) is 0 Å². The van der Waals surface area contributed by atoms with Crippen LogP contribution in [0.5, 0.6) is 0 Å². The minimum absolute atomic E-state index is 0.189. The minimum atomic E-state index is -0.370. The van der Waals surface area contributed by atoms with Crippen molar-refractivity contribution in [1.29, 1.82) is 0 Å². The van der Waals surface area contributed by atoms with E-state index in [0.717, 1.165) is 48.1 Å². The average Bonchev–Trinajstić information content (AvgIpc) is 3.07. The third kappa shape index (κ3) is 3.75. The molecule has 2 aliphatic rings. The largest absolute Gasteiger partial charge is 0.462 e. The number of aromatic nitrogens is 3. The molecule has 3 heterocycles. The third-order valence-electron chi connectivity index (χ3n) is 6.36. The van der Waals surface area contributed by atoms with E-state index in [4.69, 9.17) is 4.74 Å². The summed E-state index contributed by atoms with van der Waals surface area (Å²) in [4.78, 5) is 34.3. The van der Waals surface area contributed by atoms with Gasteiger partial charge in [0.25, 0.3) is 0 Å². The molecule has 0 N–H and O–H groups in total. The number of rotatable bonds is 4. The number of hydrogen-bond donors (Lipinski definition) is 0. The van der Waals surface area contributed by atoms with Crippen molar-refractivity contribution >= 4 is 28.6 Å². The van der Waals surface area contributed by atoms with Crippen LogP contribution in [0.15, 0.2) is 6.20 Å². The highest BCUT2D eigenvalue weighted by molar-refractivity contribution is 6.05. The molecule has 1 saturated carbocycles. The number of esters is 1. The topological polar surface area (TPSA) is 80.6 Å². The molecule has 1 amide bonds. The zero-order valence-corrected chi connectivity index (χ0v) is 18.2. The van der Waals surface area contributed by atoms with E-state index in [0.29, 0.717) is 44.3 Å². The Morgan fingerprint density at radius 3 is 2.50 bits per heavy atom.